The Kier molecular flexibility index (Phi) is 4.04. The summed E-state index contributed by atoms with van der Waals surface area (Å²) in [6.07, 6.45) is 1.79. The predicted molar refractivity (Wildman–Crippen MR) is 91.8 cm³/mol. The summed E-state index contributed by atoms with van der Waals surface area (Å²) in [5, 5.41) is 12.0. The molecule has 0 N–H and O–H groups in total. The summed E-state index contributed by atoms with van der Waals surface area (Å²) in [5.41, 5.74) is 2.10. The minimum Gasteiger partial charge on any atom is -0.350 e. The Balaban J connectivity index is 1.92. The zero-order valence-corrected chi connectivity index (χ0v) is 13.5. The third kappa shape index (κ3) is 2.74. The van der Waals surface area contributed by atoms with E-state index in [4.69, 9.17) is 0 Å². The third-order valence-electron chi connectivity index (χ3n) is 4.07. The third-order valence-corrected chi connectivity index (χ3v) is 4.07. The largest absolute Gasteiger partial charge is 0.350 e. The molecule has 0 radical (unpaired) electrons. The number of aromatic nitrogens is 1. The molecule has 0 atom stereocenters. The normalized spacial score (nSPS) is 10.8. The van der Waals surface area contributed by atoms with E-state index in [1.807, 2.05) is 35.9 Å². The van der Waals surface area contributed by atoms with Crippen molar-refractivity contribution >= 4 is 22.5 Å². The molecule has 2 aromatic carbocycles. The molecule has 1 aromatic heterocycles. The molecule has 0 aliphatic rings. The van der Waals surface area contributed by atoms with Crippen LogP contribution in [0.4, 0.5) is 5.69 Å². The number of carbonyl (C=O) groups is 1. The smallest absolute Gasteiger partial charge is 0.274 e. The van der Waals surface area contributed by atoms with Gasteiger partial charge in [-0.15, -0.1) is 0 Å². The van der Waals surface area contributed by atoms with Crippen molar-refractivity contribution in [1.29, 1.82) is 0 Å². The van der Waals surface area contributed by atoms with Crippen LogP contribution in [0.15, 0.2) is 54.7 Å². The van der Waals surface area contributed by atoms with Gasteiger partial charge in [0, 0.05) is 42.8 Å². The number of rotatable bonds is 4. The molecule has 3 rings (SSSR count). The summed E-state index contributed by atoms with van der Waals surface area (Å²) in [5.74, 6) is -0.162. The Labute approximate surface area is 139 Å². The zero-order chi connectivity index (χ0) is 17.3. The van der Waals surface area contributed by atoms with E-state index in [1.54, 1.807) is 31.4 Å². The second-order valence-electron chi connectivity index (χ2n) is 5.72. The van der Waals surface area contributed by atoms with Gasteiger partial charge in [0.1, 0.15) is 0 Å². The van der Waals surface area contributed by atoms with Crippen LogP contribution in [0.5, 0.6) is 0 Å². The lowest BCUT2D eigenvalue weighted by molar-refractivity contribution is -0.385. The number of hydrogen-bond acceptors (Lipinski definition) is 3. The molecule has 6 heteroatoms. The van der Waals surface area contributed by atoms with E-state index in [1.165, 1.54) is 11.0 Å². The van der Waals surface area contributed by atoms with Crippen LogP contribution in [-0.4, -0.2) is 27.3 Å². The maximum Gasteiger partial charge on any atom is 0.274 e. The van der Waals surface area contributed by atoms with Crippen LogP contribution < -0.4 is 0 Å². The number of fused-ring (bicyclic) bond motifs is 1. The van der Waals surface area contributed by atoms with Crippen LogP contribution >= 0.6 is 0 Å². The van der Waals surface area contributed by atoms with Crippen LogP contribution in [0, 0.1) is 10.1 Å². The number of hydrogen-bond donors (Lipinski definition) is 0. The number of nitro groups is 1. The van der Waals surface area contributed by atoms with Crippen molar-refractivity contribution < 1.29 is 9.72 Å². The number of aryl methyl sites for hydroxylation is 1. The average Bonchev–Trinajstić information content (AvgIpc) is 2.92. The summed E-state index contributed by atoms with van der Waals surface area (Å²) in [6, 6.07) is 14.1. The number of nitro benzene ring substituents is 1. The summed E-state index contributed by atoms with van der Waals surface area (Å²) < 4.78 is 1.90. The summed E-state index contributed by atoms with van der Waals surface area (Å²) in [7, 11) is 3.54. The first-order valence-electron chi connectivity index (χ1n) is 7.51. The lowest BCUT2D eigenvalue weighted by atomic mass is 10.1. The van der Waals surface area contributed by atoms with Crippen molar-refractivity contribution in [3.63, 3.8) is 0 Å². The van der Waals surface area contributed by atoms with Gasteiger partial charge in [0.15, 0.2) is 0 Å². The zero-order valence-electron chi connectivity index (χ0n) is 13.5. The number of amides is 1. The van der Waals surface area contributed by atoms with Crippen LogP contribution in [0.1, 0.15) is 15.9 Å². The molecular weight excluding hydrogens is 306 g/mol. The molecule has 0 unspecified atom stereocenters. The van der Waals surface area contributed by atoms with E-state index < -0.39 is 4.92 Å². The fraction of sp³-hybridized carbons (Fsp3) is 0.167. The van der Waals surface area contributed by atoms with Gasteiger partial charge in [-0.25, -0.2) is 0 Å². The van der Waals surface area contributed by atoms with E-state index in [2.05, 4.69) is 0 Å². The first-order valence-corrected chi connectivity index (χ1v) is 7.51. The number of benzene rings is 2. The highest BCUT2D eigenvalue weighted by molar-refractivity contribution is 6.06. The molecule has 6 nitrogen and oxygen atoms in total. The van der Waals surface area contributed by atoms with Crippen LogP contribution in [0.25, 0.3) is 10.9 Å². The second kappa shape index (κ2) is 6.16. The molecule has 3 aromatic rings. The maximum atomic E-state index is 12.8. The average molecular weight is 323 g/mol. The molecule has 24 heavy (non-hydrogen) atoms. The SMILES string of the molecule is CN(Cc1ccccc1[N+](=O)[O-])C(=O)c1cn(C)c2ccccc12. The van der Waals surface area contributed by atoms with Gasteiger partial charge in [-0.1, -0.05) is 36.4 Å². The Bertz CT molecular complexity index is 930. The van der Waals surface area contributed by atoms with E-state index >= 15 is 0 Å². The van der Waals surface area contributed by atoms with Crippen molar-refractivity contribution in [3.05, 3.63) is 76.0 Å². The molecule has 0 fully saturated rings. The lowest BCUT2D eigenvalue weighted by Crippen LogP contribution is -2.26. The topological polar surface area (TPSA) is 68.4 Å². The molecular formula is C18H17N3O3. The molecule has 0 spiro atoms. The van der Waals surface area contributed by atoms with Gasteiger partial charge >= 0.3 is 0 Å². The molecule has 0 aliphatic carbocycles. The molecule has 1 amide bonds. The molecule has 1 heterocycles. The predicted octanol–water partition coefficient (Wildman–Crippen LogP) is 3.36. The van der Waals surface area contributed by atoms with E-state index in [0.717, 1.165) is 10.9 Å². The minimum atomic E-state index is -0.425. The first-order chi connectivity index (χ1) is 11.5. The second-order valence-corrected chi connectivity index (χ2v) is 5.72. The monoisotopic (exact) mass is 323 g/mol. The highest BCUT2D eigenvalue weighted by Gasteiger charge is 2.20. The van der Waals surface area contributed by atoms with Crippen molar-refractivity contribution in [2.45, 2.75) is 6.54 Å². The number of carbonyl (C=O) groups excluding carboxylic acids is 1. The maximum absolute atomic E-state index is 12.8. The van der Waals surface area contributed by atoms with Gasteiger partial charge in [-0.3, -0.25) is 14.9 Å². The molecule has 0 aliphatic heterocycles. The highest BCUT2D eigenvalue weighted by Crippen LogP contribution is 2.24. The first kappa shape index (κ1) is 15.7. The minimum absolute atomic E-state index is 0.0232. The summed E-state index contributed by atoms with van der Waals surface area (Å²) >= 11 is 0. The van der Waals surface area contributed by atoms with Crippen molar-refractivity contribution in [3.8, 4) is 0 Å². The Morgan fingerprint density at radius 1 is 1.17 bits per heavy atom. The van der Waals surface area contributed by atoms with E-state index in [0.29, 0.717) is 11.1 Å². The Morgan fingerprint density at radius 2 is 1.83 bits per heavy atom. The molecule has 0 saturated carbocycles. The number of nitrogens with zero attached hydrogens (tertiary/aromatic N) is 3. The van der Waals surface area contributed by atoms with Crippen molar-refractivity contribution in [2.24, 2.45) is 7.05 Å². The number of para-hydroxylation sites is 2. The molecule has 122 valence electrons. The summed E-state index contributed by atoms with van der Waals surface area (Å²) in [4.78, 5) is 25.0. The van der Waals surface area contributed by atoms with Crippen LogP contribution in [-0.2, 0) is 13.6 Å². The lowest BCUT2D eigenvalue weighted by Gasteiger charge is -2.17. The van der Waals surface area contributed by atoms with Crippen molar-refractivity contribution in [2.75, 3.05) is 7.05 Å². The van der Waals surface area contributed by atoms with Crippen LogP contribution in [0.3, 0.4) is 0 Å². The van der Waals surface area contributed by atoms with Crippen LogP contribution in [0.2, 0.25) is 0 Å². The molecule has 0 bridgehead atoms. The van der Waals surface area contributed by atoms with Gasteiger partial charge < -0.3 is 9.47 Å². The fourth-order valence-electron chi connectivity index (χ4n) is 2.87. The summed E-state index contributed by atoms with van der Waals surface area (Å²) in [6.45, 7) is 0.180. The quantitative estimate of drug-likeness (QED) is 0.546. The fourth-order valence-corrected chi connectivity index (χ4v) is 2.87. The Morgan fingerprint density at radius 3 is 2.58 bits per heavy atom. The highest BCUT2D eigenvalue weighted by atomic mass is 16.6. The molecule has 0 saturated heterocycles. The van der Waals surface area contributed by atoms with E-state index in [-0.39, 0.29) is 18.1 Å². The van der Waals surface area contributed by atoms with Gasteiger partial charge in [-0.05, 0) is 6.07 Å². The Hall–Kier alpha value is -3.15. The van der Waals surface area contributed by atoms with E-state index in [9.17, 15) is 14.9 Å². The van der Waals surface area contributed by atoms with Gasteiger partial charge in [0.05, 0.1) is 17.0 Å². The van der Waals surface area contributed by atoms with Gasteiger partial charge in [0.25, 0.3) is 11.6 Å². The van der Waals surface area contributed by atoms with Crippen molar-refractivity contribution in [1.82, 2.24) is 9.47 Å². The standard InChI is InChI=1S/C18H17N3O3/c1-19-12-15(14-8-4-6-10-17(14)19)18(22)20(2)11-13-7-3-5-9-16(13)21(23)24/h3-10,12H,11H2,1-2H3. The van der Waals surface area contributed by atoms with Gasteiger partial charge in [0.2, 0.25) is 0 Å². The van der Waals surface area contributed by atoms with Gasteiger partial charge in [-0.2, -0.15) is 0 Å².